The van der Waals surface area contributed by atoms with Gasteiger partial charge in [0.15, 0.2) is 0 Å². The zero-order valence-corrected chi connectivity index (χ0v) is 15.8. The van der Waals surface area contributed by atoms with Crippen LogP contribution >= 0.6 is 11.6 Å². The van der Waals surface area contributed by atoms with Crippen molar-refractivity contribution in [3.8, 4) is 0 Å². The van der Waals surface area contributed by atoms with Crippen LogP contribution in [-0.2, 0) is 16.1 Å². The minimum atomic E-state index is -0.365. The average Bonchev–Trinajstić information content (AvgIpc) is 2.97. The number of rotatable bonds is 4. The predicted octanol–water partition coefficient (Wildman–Crippen LogP) is 2.79. The molecule has 2 aromatic rings. The number of anilines is 1. The van der Waals surface area contributed by atoms with E-state index >= 15 is 0 Å². The molecule has 140 valence electrons. The lowest BCUT2D eigenvalue weighted by Crippen LogP contribution is -2.52. The summed E-state index contributed by atoms with van der Waals surface area (Å²) in [6, 6.07) is 16.9. The molecule has 1 atom stereocenters. The first-order valence-corrected chi connectivity index (χ1v) is 9.62. The number of carbonyl (C=O) groups excluding carboxylic acids is 2. The Morgan fingerprint density at radius 2 is 1.67 bits per heavy atom. The highest BCUT2D eigenvalue weighted by molar-refractivity contribution is 6.31. The molecule has 27 heavy (non-hydrogen) atoms. The van der Waals surface area contributed by atoms with Crippen LogP contribution in [0.1, 0.15) is 12.0 Å². The van der Waals surface area contributed by atoms with Gasteiger partial charge in [0.2, 0.25) is 5.91 Å². The van der Waals surface area contributed by atoms with E-state index in [1.807, 2.05) is 6.07 Å². The number of hydrogen-bond acceptors (Lipinski definition) is 4. The van der Waals surface area contributed by atoms with E-state index < -0.39 is 0 Å². The second-order valence-corrected chi connectivity index (χ2v) is 7.50. The van der Waals surface area contributed by atoms with Gasteiger partial charge < -0.3 is 0 Å². The van der Waals surface area contributed by atoms with Crippen molar-refractivity contribution < 1.29 is 9.59 Å². The highest BCUT2D eigenvalue weighted by Gasteiger charge is 2.43. The molecule has 5 nitrogen and oxygen atoms in total. The fourth-order valence-electron chi connectivity index (χ4n) is 3.86. The first-order chi connectivity index (χ1) is 13.1. The Balaban J connectivity index is 1.39. The van der Waals surface area contributed by atoms with Crippen molar-refractivity contribution in [2.75, 3.05) is 31.1 Å². The van der Waals surface area contributed by atoms with E-state index in [9.17, 15) is 9.59 Å². The van der Waals surface area contributed by atoms with Gasteiger partial charge in [-0.1, -0.05) is 48.0 Å². The zero-order chi connectivity index (χ0) is 18.8. The molecule has 0 radical (unpaired) electrons. The van der Waals surface area contributed by atoms with Gasteiger partial charge in [0, 0.05) is 37.7 Å². The van der Waals surface area contributed by atoms with E-state index in [0.717, 1.165) is 32.7 Å². The molecule has 0 saturated carbocycles. The van der Waals surface area contributed by atoms with Crippen molar-refractivity contribution in [1.29, 1.82) is 0 Å². The topological polar surface area (TPSA) is 43.9 Å². The Morgan fingerprint density at radius 3 is 2.37 bits per heavy atom. The number of piperazine rings is 1. The first kappa shape index (κ1) is 18.2. The van der Waals surface area contributed by atoms with Gasteiger partial charge in [-0.15, -0.1) is 0 Å². The van der Waals surface area contributed by atoms with Crippen LogP contribution in [0.15, 0.2) is 54.6 Å². The second kappa shape index (κ2) is 7.80. The second-order valence-electron chi connectivity index (χ2n) is 7.06. The van der Waals surface area contributed by atoms with Crippen molar-refractivity contribution in [1.82, 2.24) is 9.80 Å². The highest BCUT2D eigenvalue weighted by atomic mass is 35.5. The van der Waals surface area contributed by atoms with E-state index in [1.54, 1.807) is 24.3 Å². The summed E-state index contributed by atoms with van der Waals surface area (Å²) in [5.41, 5.74) is 1.85. The summed E-state index contributed by atoms with van der Waals surface area (Å²) in [5.74, 6) is -0.294. The fraction of sp³-hybridized carbons (Fsp3) is 0.333. The Labute approximate surface area is 164 Å². The standard InChI is InChI=1S/C21H22ClN3O2/c22-17-7-4-8-18(13-17)25-20(26)14-19(21(25)27)24-11-9-23(10-12-24)15-16-5-2-1-3-6-16/h1-8,13,19H,9-12,14-15H2. The monoisotopic (exact) mass is 383 g/mol. The summed E-state index contributed by atoms with van der Waals surface area (Å²) in [6.45, 7) is 4.29. The molecule has 0 bridgehead atoms. The zero-order valence-electron chi connectivity index (χ0n) is 15.1. The molecule has 2 aromatic carbocycles. The van der Waals surface area contributed by atoms with Gasteiger partial charge in [0.25, 0.3) is 5.91 Å². The molecule has 0 N–H and O–H groups in total. The van der Waals surface area contributed by atoms with E-state index in [2.05, 4.69) is 34.1 Å². The van der Waals surface area contributed by atoms with Crippen LogP contribution in [0.3, 0.4) is 0 Å². The van der Waals surface area contributed by atoms with Crippen LogP contribution in [0.5, 0.6) is 0 Å². The van der Waals surface area contributed by atoms with Gasteiger partial charge in [-0.2, -0.15) is 0 Å². The van der Waals surface area contributed by atoms with E-state index in [1.165, 1.54) is 10.5 Å². The number of halogens is 1. The third-order valence-electron chi connectivity index (χ3n) is 5.29. The summed E-state index contributed by atoms with van der Waals surface area (Å²) in [4.78, 5) is 31.2. The van der Waals surface area contributed by atoms with Gasteiger partial charge >= 0.3 is 0 Å². The van der Waals surface area contributed by atoms with Crippen LogP contribution in [-0.4, -0.2) is 53.8 Å². The summed E-state index contributed by atoms with van der Waals surface area (Å²) in [5, 5.41) is 0.520. The maximum atomic E-state index is 12.9. The number of imide groups is 1. The van der Waals surface area contributed by atoms with E-state index in [0.29, 0.717) is 10.7 Å². The Hall–Kier alpha value is -2.21. The Bertz CT molecular complexity index is 834. The number of carbonyl (C=O) groups is 2. The molecular formula is C21H22ClN3O2. The molecule has 1 unspecified atom stereocenters. The van der Waals surface area contributed by atoms with Gasteiger partial charge in [0.05, 0.1) is 18.2 Å². The van der Waals surface area contributed by atoms with Crippen LogP contribution in [0.25, 0.3) is 0 Å². The molecule has 0 aliphatic carbocycles. The summed E-state index contributed by atoms with van der Waals surface area (Å²) in [7, 11) is 0. The first-order valence-electron chi connectivity index (χ1n) is 9.24. The van der Waals surface area contributed by atoms with Crippen LogP contribution in [0, 0.1) is 0 Å². The molecular weight excluding hydrogens is 362 g/mol. The smallest absolute Gasteiger partial charge is 0.251 e. The minimum absolute atomic E-state index is 0.140. The van der Waals surface area contributed by atoms with Crippen molar-refractivity contribution in [3.05, 3.63) is 65.2 Å². The molecule has 4 rings (SSSR count). The molecule has 2 heterocycles. The minimum Gasteiger partial charge on any atom is -0.297 e. The van der Waals surface area contributed by atoms with Crippen molar-refractivity contribution >= 4 is 29.1 Å². The number of nitrogens with zero attached hydrogens (tertiary/aromatic N) is 3. The maximum Gasteiger partial charge on any atom is 0.251 e. The number of benzene rings is 2. The van der Waals surface area contributed by atoms with Gasteiger partial charge in [-0.3, -0.25) is 19.4 Å². The lowest BCUT2D eigenvalue weighted by atomic mass is 10.1. The molecule has 6 heteroatoms. The van der Waals surface area contributed by atoms with Crippen molar-refractivity contribution in [3.63, 3.8) is 0 Å². The molecule has 2 fully saturated rings. The van der Waals surface area contributed by atoms with Crippen LogP contribution in [0.4, 0.5) is 5.69 Å². The molecule has 2 saturated heterocycles. The van der Waals surface area contributed by atoms with Crippen LogP contribution in [0.2, 0.25) is 5.02 Å². The predicted molar refractivity (Wildman–Crippen MR) is 106 cm³/mol. The molecule has 2 aliphatic heterocycles. The van der Waals surface area contributed by atoms with E-state index in [4.69, 9.17) is 11.6 Å². The third kappa shape index (κ3) is 3.90. The van der Waals surface area contributed by atoms with Crippen molar-refractivity contribution in [2.24, 2.45) is 0 Å². The quantitative estimate of drug-likeness (QED) is 0.761. The molecule has 2 amide bonds. The summed E-state index contributed by atoms with van der Waals surface area (Å²) >= 11 is 6.02. The van der Waals surface area contributed by atoms with Gasteiger partial charge in [0.1, 0.15) is 0 Å². The van der Waals surface area contributed by atoms with E-state index in [-0.39, 0.29) is 24.3 Å². The molecule has 0 aromatic heterocycles. The number of amides is 2. The average molecular weight is 384 g/mol. The van der Waals surface area contributed by atoms with Crippen molar-refractivity contribution in [2.45, 2.75) is 19.0 Å². The normalized spacial score (nSPS) is 21.8. The van der Waals surface area contributed by atoms with Crippen LogP contribution < -0.4 is 4.90 Å². The number of hydrogen-bond donors (Lipinski definition) is 0. The maximum absolute atomic E-state index is 12.9. The summed E-state index contributed by atoms with van der Waals surface area (Å²) in [6.07, 6.45) is 0.240. The lowest BCUT2D eigenvalue weighted by Gasteiger charge is -2.37. The lowest BCUT2D eigenvalue weighted by molar-refractivity contribution is -0.123. The Morgan fingerprint density at radius 1 is 0.926 bits per heavy atom. The highest BCUT2D eigenvalue weighted by Crippen LogP contribution is 2.28. The molecule has 2 aliphatic rings. The largest absolute Gasteiger partial charge is 0.297 e. The third-order valence-corrected chi connectivity index (χ3v) is 5.52. The fourth-order valence-corrected chi connectivity index (χ4v) is 4.05. The molecule has 0 spiro atoms. The van der Waals surface area contributed by atoms with Gasteiger partial charge in [-0.25, -0.2) is 4.90 Å². The Kier molecular flexibility index (Phi) is 5.25. The van der Waals surface area contributed by atoms with Gasteiger partial charge in [-0.05, 0) is 23.8 Å². The summed E-state index contributed by atoms with van der Waals surface area (Å²) < 4.78 is 0. The SMILES string of the molecule is O=C1CC(N2CCN(Cc3ccccc3)CC2)C(=O)N1c1cccc(Cl)c1.